The molecule has 0 bridgehead atoms. The molecular formula is C18H34N2O2. The second-order valence-electron chi connectivity index (χ2n) is 8.04. The third kappa shape index (κ3) is 4.87. The number of carbonyl (C=O) groups excluding carboxylic acids is 1. The van der Waals surface area contributed by atoms with Crippen molar-refractivity contribution in [2.24, 2.45) is 11.8 Å². The van der Waals surface area contributed by atoms with E-state index in [1.54, 1.807) is 0 Å². The predicted molar refractivity (Wildman–Crippen MR) is 90.0 cm³/mol. The van der Waals surface area contributed by atoms with Gasteiger partial charge in [-0.25, -0.2) is 4.79 Å². The quantitative estimate of drug-likeness (QED) is 0.806. The van der Waals surface area contributed by atoms with E-state index in [-0.39, 0.29) is 6.09 Å². The Morgan fingerprint density at radius 3 is 2.27 bits per heavy atom. The normalized spacial score (nSPS) is 25.8. The number of amides is 1. The maximum Gasteiger partial charge on any atom is 0.410 e. The largest absolute Gasteiger partial charge is 0.444 e. The SMILES string of the molecule is CNC(C1CCCCCC1)C1CCN(C(=O)OC(C)(C)C)C1. The maximum absolute atomic E-state index is 12.2. The second-order valence-corrected chi connectivity index (χ2v) is 8.04. The molecule has 1 saturated carbocycles. The molecule has 22 heavy (non-hydrogen) atoms. The first-order valence-corrected chi connectivity index (χ1v) is 9.06. The molecule has 0 spiro atoms. The molecule has 0 aromatic carbocycles. The van der Waals surface area contributed by atoms with E-state index < -0.39 is 5.60 Å². The van der Waals surface area contributed by atoms with Crippen LogP contribution in [0.2, 0.25) is 0 Å². The monoisotopic (exact) mass is 310 g/mol. The summed E-state index contributed by atoms with van der Waals surface area (Å²) in [5, 5.41) is 3.57. The van der Waals surface area contributed by atoms with Gasteiger partial charge in [-0.15, -0.1) is 0 Å². The molecule has 2 aliphatic rings. The fourth-order valence-corrected chi connectivity index (χ4v) is 4.10. The van der Waals surface area contributed by atoms with Crippen LogP contribution in [0.1, 0.15) is 65.7 Å². The molecule has 1 aliphatic heterocycles. The van der Waals surface area contributed by atoms with Crippen molar-refractivity contribution >= 4 is 6.09 Å². The maximum atomic E-state index is 12.2. The van der Waals surface area contributed by atoms with Crippen molar-refractivity contribution < 1.29 is 9.53 Å². The molecule has 1 heterocycles. The number of carbonyl (C=O) groups is 1. The summed E-state index contributed by atoms with van der Waals surface area (Å²) in [5.74, 6) is 1.34. The third-order valence-electron chi connectivity index (χ3n) is 5.13. The average Bonchev–Trinajstić information content (AvgIpc) is 2.75. The van der Waals surface area contributed by atoms with Gasteiger partial charge in [0.15, 0.2) is 0 Å². The Kier molecular flexibility index (Phi) is 6.13. The van der Waals surface area contributed by atoms with Crippen LogP contribution in [0, 0.1) is 11.8 Å². The topological polar surface area (TPSA) is 41.6 Å². The number of hydrogen-bond donors (Lipinski definition) is 1. The van der Waals surface area contributed by atoms with Crippen LogP contribution in [0.3, 0.4) is 0 Å². The average molecular weight is 310 g/mol. The van der Waals surface area contributed by atoms with Crippen LogP contribution in [0.5, 0.6) is 0 Å². The fourth-order valence-electron chi connectivity index (χ4n) is 4.10. The molecule has 128 valence electrons. The Bertz CT molecular complexity index is 357. The predicted octanol–water partition coefficient (Wildman–Crippen LogP) is 3.80. The highest BCUT2D eigenvalue weighted by molar-refractivity contribution is 5.68. The highest BCUT2D eigenvalue weighted by Gasteiger charge is 2.36. The van der Waals surface area contributed by atoms with Gasteiger partial charge in [-0.05, 0) is 58.9 Å². The molecule has 2 atom stereocenters. The summed E-state index contributed by atoms with van der Waals surface area (Å²) in [6.07, 6.45) is 9.15. The zero-order valence-corrected chi connectivity index (χ0v) is 14.9. The van der Waals surface area contributed by atoms with Crippen LogP contribution >= 0.6 is 0 Å². The summed E-state index contributed by atoms with van der Waals surface area (Å²) in [4.78, 5) is 14.1. The first kappa shape index (κ1) is 17.6. The molecule has 0 aromatic heterocycles. The van der Waals surface area contributed by atoms with Crippen molar-refractivity contribution in [1.29, 1.82) is 0 Å². The van der Waals surface area contributed by atoms with Gasteiger partial charge >= 0.3 is 6.09 Å². The summed E-state index contributed by atoms with van der Waals surface area (Å²) >= 11 is 0. The first-order chi connectivity index (χ1) is 10.4. The van der Waals surface area contributed by atoms with Crippen molar-refractivity contribution in [1.82, 2.24) is 10.2 Å². The van der Waals surface area contributed by atoms with Gasteiger partial charge < -0.3 is 15.0 Å². The molecule has 4 heteroatoms. The van der Waals surface area contributed by atoms with E-state index in [0.29, 0.717) is 12.0 Å². The van der Waals surface area contributed by atoms with Crippen molar-refractivity contribution in [3.63, 3.8) is 0 Å². The first-order valence-electron chi connectivity index (χ1n) is 9.06. The van der Waals surface area contributed by atoms with E-state index >= 15 is 0 Å². The molecule has 0 radical (unpaired) electrons. The number of nitrogens with one attached hydrogen (secondary N) is 1. The number of rotatable bonds is 3. The molecular weight excluding hydrogens is 276 g/mol. The molecule has 2 unspecified atom stereocenters. The molecule has 0 aromatic rings. The summed E-state index contributed by atoms with van der Waals surface area (Å²) in [7, 11) is 2.09. The summed E-state index contributed by atoms with van der Waals surface area (Å²) in [6.45, 7) is 7.47. The summed E-state index contributed by atoms with van der Waals surface area (Å²) in [6, 6.07) is 0.547. The molecule has 2 rings (SSSR count). The molecule has 2 fully saturated rings. The summed E-state index contributed by atoms with van der Waals surface area (Å²) in [5.41, 5.74) is -0.404. The molecule has 1 aliphatic carbocycles. The van der Waals surface area contributed by atoms with Crippen molar-refractivity contribution in [3.05, 3.63) is 0 Å². The lowest BCUT2D eigenvalue weighted by molar-refractivity contribution is 0.0283. The van der Waals surface area contributed by atoms with Crippen LogP contribution in [-0.4, -0.2) is 42.8 Å². The van der Waals surface area contributed by atoms with E-state index in [1.165, 1.54) is 38.5 Å². The number of ether oxygens (including phenoxy) is 1. The molecule has 1 N–H and O–H groups in total. The lowest BCUT2D eigenvalue weighted by atomic mass is 9.83. The van der Waals surface area contributed by atoms with E-state index in [1.807, 2.05) is 25.7 Å². The van der Waals surface area contributed by atoms with E-state index in [0.717, 1.165) is 25.4 Å². The van der Waals surface area contributed by atoms with Crippen LogP contribution in [0.25, 0.3) is 0 Å². The van der Waals surface area contributed by atoms with Crippen molar-refractivity contribution in [2.75, 3.05) is 20.1 Å². The van der Waals surface area contributed by atoms with Crippen molar-refractivity contribution in [3.8, 4) is 0 Å². The van der Waals surface area contributed by atoms with Gasteiger partial charge in [0.1, 0.15) is 5.60 Å². The molecule has 1 amide bonds. The Morgan fingerprint density at radius 2 is 1.73 bits per heavy atom. The number of likely N-dealkylation sites (tertiary alicyclic amines) is 1. The minimum absolute atomic E-state index is 0.147. The highest BCUT2D eigenvalue weighted by Crippen LogP contribution is 2.32. The highest BCUT2D eigenvalue weighted by atomic mass is 16.6. The van der Waals surface area contributed by atoms with Gasteiger partial charge in [-0.3, -0.25) is 0 Å². The fraction of sp³-hybridized carbons (Fsp3) is 0.944. The number of hydrogen-bond acceptors (Lipinski definition) is 3. The van der Waals surface area contributed by atoms with Crippen LogP contribution in [-0.2, 0) is 4.74 Å². The number of nitrogens with zero attached hydrogens (tertiary/aromatic N) is 1. The Hall–Kier alpha value is -0.770. The minimum Gasteiger partial charge on any atom is -0.444 e. The van der Waals surface area contributed by atoms with Gasteiger partial charge in [-0.1, -0.05) is 25.7 Å². The zero-order chi connectivity index (χ0) is 16.2. The Labute approximate surface area is 136 Å². The zero-order valence-electron chi connectivity index (χ0n) is 14.9. The lowest BCUT2D eigenvalue weighted by Gasteiger charge is -2.31. The van der Waals surface area contributed by atoms with E-state index in [9.17, 15) is 4.79 Å². The van der Waals surface area contributed by atoms with E-state index in [2.05, 4.69) is 12.4 Å². The second kappa shape index (κ2) is 7.67. The van der Waals surface area contributed by atoms with Gasteiger partial charge in [0.05, 0.1) is 0 Å². The Morgan fingerprint density at radius 1 is 1.09 bits per heavy atom. The van der Waals surface area contributed by atoms with Crippen molar-refractivity contribution in [2.45, 2.75) is 77.4 Å². The third-order valence-corrected chi connectivity index (χ3v) is 5.13. The Balaban J connectivity index is 1.90. The van der Waals surface area contributed by atoms with Crippen LogP contribution < -0.4 is 5.32 Å². The van der Waals surface area contributed by atoms with Gasteiger partial charge in [-0.2, -0.15) is 0 Å². The van der Waals surface area contributed by atoms with Gasteiger partial charge in [0.2, 0.25) is 0 Å². The molecule has 1 saturated heterocycles. The van der Waals surface area contributed by atoms with Gasteiger partial charge in [0, 0.05) is 19.1 Å². The van der Waals surface area contributed by atoms with Gasteiger partial charge in [0.25, 0.3) is 0 Å². The minimum atomic E-state index is -0.404. The van der Waals surface area contributed by atoms with Crippen LogP contribution in [0.15, 0.2) is 0 Å². The van der Waals surface area contributed by atoms with E-state index in [4.69, 9.17) is 4.74 Å². The summed E-state index contributed by atoms with van der Waals surface area (Å²) < 4.78 is 5.52. The molecule has 4 nitrogen and oxygen atoms in total. The smallest absolute Gasteiger partial charge is 0.410 e. The standard InChI is InChI=1S/C18H34N2O2/c1-18(2,3)22-17(21)20-12-11-15(13-20)16(19-4)14-9-7-5-6-8-10-14/h14-16,19H,5-13H2,1-4H3. The van der Waals surface area contributed by atoms with Crippen LogP contribution in [0.4, 0.5) is 4.79 Å². The lowest BCUT2D eigenvalue weighted by Crippen LogP contribution is -2.42.